The molecule has 0 aliphatic carbocycles. The van der Waals surface area contributed by atoms with Gasteiger partial charge in [0.15, 0.2) is 0 Å². The lowest BCUT2D eigenvalue weighted by molar-refractivity contribution is -0.134. The molecule has 5 aromatic rings. The molecule has 6 rings (SSSR count). The lowest BCUT2D eigenvalue weighted by Gasteiger charge is -2.36. The van der Waals surface area contributed by atoms with Crippen molar-refractivity contribution >= 4 is 38.8 Å². The summed E-state index contributed by atoms with van der Waals surface area (Å²) >= 11 is 0. The Labute approximate surface area is 284 Å². The fraction of sp³-hybridized carbons (Fsp3) is 0.189. The summed E-state index contributed by atoms with van der Waals surface area (Å²) in [6.45, 7) is 1.31. The van der Waals surface area contributed by atoms with Crippen LogP contribution >= 0.6 is 0 Å². The van der Waals surface area contributed by atoms with Gasteiger partial charge in [0.1, 0.15) is 23.3 Å². The Kier molecular flexibility index (Phi) is 10.1. The molecule has 1 atom stereocenters. The second kappa shape index (κ2) is 15.0. The Hall–Kier alpha value is -5.75. The number of hydrogen-bond acceptors (Lipinski definition) is 8. The summed E-state index contributed by atoms with van der Waals surface area (Å²) in [6.07, 6.45) is 2.45. The zero-order valence-corrected chi connectivity index (χ0v) is 27.3. The molecule has 0 bridgehead atoms. The maximum atomic E-state index is 13.8. The van der Waals surface area contributed by atoms with Crippen molar-refractivity contribution < 1.29 is 31.7 Å². The maximum absolute atomic E-state index is 13.8. The first kappa shape index (κ1) is 33.2. The van der Waals surface area contributed by atoms with E-state index in [-0.39, 0.29) is 35.5 Å². The number of rotatable bonds is 10. The third kappa shape index (κ3) is 8.22. The smallest absolute Gasteiger partial charge is 0.408 e. The van der Waals surface area contributed by atoms with Crippen LogP contribution in [-0.4, -0.2) is 73.3 Å². The first-order valence-corrected chi connectivity index (χ1v) is 17.1. The van der Waals surface area contributed by atoms with Gasteiger partial charge >= 0.3 is 16.2 Å². The first-order chi connectivity index (χ1) is 23.8. The van der Waals surface area contributed by atoms with Crippen LogP contribution in [0.25, 0.3) is 10.8 Å². The number of carbonyl (C=O) groups excluding carboxylic acids is 3. The van der Waals surface area contributed by atoms with E-state index < -0.39 is 22.3 Å². The van der Waals surface area contributed by atoms with Crippen molar-refractivity contribution in [3.8, 4) is 5.75 Å². The van der Waals surface area contributed by atoms with Gasteiger partial charge in [0.25, 0.3) is 5.91 Å². The van der Waals surface area contributed by atoms with Gasteiger partial charge in [0.2, 0.25) is 5.91 Å². The minimum atomic E-state index is -4.17. The highest BCUT2D eigenvalue weighted by Gasteiger charge is 2.31. The fourth-order valence-electron chi connectivity index (χ4n) is 5.62. The predicted molar refractivity (Wildman–Crippen MR) is 182 cm³/mol. The second-order valence-electron chi connectivity index (χ2n) is 11.5. The Morgan fingerprint density at radius 3 is 2.14 bits per heavy atom. The first-order valence-electron chi connectivity index (χ1n) is 15.7. The minimum Gasteiger partial charge on any atom is -0.445 e. The topological polar surface area (TPSA) is 135 Å². The maximum Gasteiger partial charge on any atom is 0.408 e. The van der Waals surface area contributed by atoms with Gasteiger partial charge in [-0.1, -0.05) is 72.8 Å². The Bertz CT molecular complexity index is 2030. The van der Waals surface area contributed by atoms with Crippen molar-refractivity contribution in [1.82, 2.24) is 20.1 Å². The minimum absolute atomic E-state index is 0.0194. The summed E-state index contributed by atoms with van der Waals surface area (Å²) in [6, 6.07) is 29.9. The molecular formula is C37H34N4O7S. The average Bonchev–Trinajstić information content (AvgIpc) is 3.14. The van der Waals surface area contributed by atoms with Crippen molar-refractivity contribution in [3.05, 3.63) is 138 Å². The van der Waals surface area contributed by atoms with Crippen LogP contribution < -0.4 is 9.50 Å². The molecule has 0 spiro atoms. The third-order valence-electron chi connectivity index (χ3n) is 8.18. The van der Waals surface area contributed by atoms with Gasteiger partial charge in [-0.05, 0) is 47.5 Å². The molecule has 250 valence electrons. The molecule has 12 heteroatoms. The SMILES string of the molecule is O=C(N[C@@H](Cc1ccc(OS(=O)(=O)c2cccc3cnccc23)cc1)C(=O)N1CCN(C(=O)c2ccccc2)CC1)OCc1ccccc1. The van der Waals surface area contributed by atoms with E-state index in [0.29, 0.717) is 48.1 Å². The van der Waals surface area contributed by atoms with Crippen molar-refractivity contribution in [3.63, 3.8) is 0 Å². The molecule has 11 nitrogen and oxygen atoms in total. The second-order valence-corrected chi connectivity index (χ2v) is 13.0. The van der Waals surface area contributed by atoms with Gasteiger partial charge in [-0.15, -0.1) is 0 Å². The molecule has 3 amide bonds. The van der Waals surface area contributed by atoms with Crippen LogP contribution in [0, 0.1) is 0 Å². The number of amides is 3. The lowest BCUT2D eigenvalue weighted by Crippen LogP contribution is -2.56. The van der Waals surface area contributed by atoms with E-state index >= 15 is 0 Å². The van der Waals surface area contributed by atoms with E-state index in [1.165, 1.54) is 24.4 Å². The Morgan fingerprint density at radius 1 is 0.755 bits per heavy atom. The van der Waals surface area contributed by atoms with Gasteiger partial charge in [-0.2, -0.15) is 8.42 Å². The molecule has 2 heterocycles. The zero-order chi connectivity index (χ0) is 34.2. The largest absolute Gasteiger partial charge is 0.445 e. The van der Waals surface area contributed by atoms with Crippen molar-refractivity contribution in [2.75, 3.05) is 26.2 Å². The van der Waals surface area contributed by atoms with E-state index in [2.05, 4.69) is 10.3 Å². The van der Waals surface area contributed by atoms with E-state index in [1.54, 1.807) is 70.6 Å². The molecule has 1 aromatic heterocycles. The summed E-state index contributed by atoms with van der Waals surface area (Å²) in [5, 5.41) is 3.87. The number of fused-ring (bicyclic) bond motifs is 1. The molecule has 1 N–H and O–H groups in total. The molecule has 0 unspecified atom stereocenters. The molecule has 4 aromatic carbocycles. The van der Waals surface area contributed by atoms with Crippen molar-refractivity contribution in [2.45, 2.75) is 24.0 Å². The van der Waals surface area contributed by atoms with Gasteiger partial charge in [-0.3, -0.25) is 14.6 Å². The van der Waals surface area contributed by atoms with E-state index in [0.717, 1.165) is 5.56 Å². The standard InChI is InChI=1S/C37H34N4O7S/c42-35(29-10-5-2-6-11-29)40-20-22-41(23-21-40)36(43)33(39-37(44)47-26-28-8-3-1-4-9-28)24-27-14-16-31(17-15-27)48-49(45,46)34-13-7-12-30-25-38-19-18-32(30)34/h1-19,25,33H,20-24,26H2,(H,39,44)/t33-/m0/s1. The van der Waals surface area contributed by atoms with Crippen LogP contribution in [0.2, 0.25) is 0 Å². The summed E-state index contributed by atoms with van der Waals surface area (Å²) in [5.74, 6) is -0.336. The number of pyridine rings is 1. The number of nitrogens with one attached hydrogen (secondary N) is 1. The average molecular weight is 679 g/mol. The van der Waals surface area contributed by atoms with Crippen LogP contribution in [-0.2, 0) is 32.7 Å². The third-order valence-corrected chi connectivity index (χ3v) is 9.49. The highest BCUT2D eigenvalue weighted by atomic mass is 32.2. The Morgan fingerprint density at radius 2 is 1.43 bits per heavy atom. The molecule has 1 aliphatic rings. The lowest BCUT2D eigenvalue weighted by atomic mass is 10.0. The van der Waals surface area contributed by atoms with Gasteiger partial charge in [0.05, 0.1) is 0 Å². The Balaban J connectivity index is 1.14. The van der Waals surface area contributed by atoms with Crippen molar-refractivity contribution in [1.29, 1.82) is 0 Å². The number of ether oxygens (including phenoxy) is 1. The zero-order valence-electron chi connectivity index (χ0n) is 26.5. The summed E-state index contributed by atoms with van der Waals surface area (Å²) in [7, 11) is -4.17. The van der Waals surface area contributed by atoms with Crippen LogP contribution in [0.15, 0.2) is 126 Å². The summed E-state index contributed by atoms with van der Waals surface area (Å²) in [4.78, 5) is 47.0. The number of carbonyl (C=O) groups is 3. The summed E-state index contributed by atoms with van der Waals surface area (Å²) in [5.41, 5.74) is 2.03. The van der Waals surface area contributed by atoms with E-state index in [9.17, 15) is 22.8 Å². The fourth-order valence-corrected chi connectivity index (χ4v) is 6.77. The van der Waals surface area contributed by atoms with E-state index in [4.69, 9.17) is 8.92 Å². The monoisotopic (exact) mass is 678 g/mol. The number of piperazine rings is 1. The predicted octanol–water partition coefficient (Wildman–Crippen LogP) is 4.82. The number of hydrogen-bond donors (Lipinski definition) is 1. The van der Waals surface area contributed by atoms with Crippen molar-refractivity contribution in [2.24, 2.45) is 0 Å². The highest BCUT2D eigenvalue weighted by Crippen LogP contribution is 2.26. The number of benzene rings is 4. The molecule has 1 saturated heterocycles. The van der Waals surface area contributed by atoms with Crippen LogP contribution in [0.3, 0.4) is 0 Å². The molecule has 0 radical (unpaired) electrons. The molecule has 49 heavy (non-hydrogen) atoms. The number of aromatic nitrogens is 1. The van der Waals surface area contributed by atoms with Crippen LogP contribution in [0.5, 0.6) is 5.75 Å². The normalized spacial score (nSPS) is 13.8. The molecular weight excluding hydrogens is 644 g/mol. The quantitative estimate of drug-likeness (QED) is 0.208. The number of alkyl carbamates (subject to hydrolysis) is 1. The van der Waals surface area contributed by atoms with Gasteiger partial charge < -0.3 is 24.0 Å². The highest BCUT2D eigenvalue weighted by molar-refractivity contribution is 7.87. The van der Waals surface area contributed by atoms with Crippen LogP contribution in [0.4, 0.5) is 4.79 Å². The van der Waals surface area contributed by atoms with Crippen LogP contribution in [0.1, 0.15) is 21.5 Å². The van der Waals surface area contributed by atoms with Gasteiger partial charge in [0, 0.05) is 61.3 Å². The van der Waals surface area contributed by atoms with Gasteiger partial charge in [-0.25, -0.2) is 4.79 Å². The molecule has 1 aliphatic heterocycles. The summed E-state index contributed by atoms with van der Waals surface area (Å²) < 4.78 is 37.3. The van der Waals surface area contributed by atoms with E-state index in [1.807, 2.05) is 36.4 Å². The number of nitrogens with zero attached hydrogens (tertiary/aromatic N) is 3. The molecule has 1 fully saturated rings. The molecule has 0 saturated carbocycles.